The van der Waals surface area contributed by atoms with E-state index in [9.17, 15) is 9.59 Å². The zero-order chi connectivity index (χ0) is 20.7. The van der Waals surface area contributed by atoms with Gasteiger partial charge in [-0.15, -0.1) is 0 Å². The van der Waals surface area contributed by atoms with Gasteiger partial charge >= 0.3 is 0 Å². The maximum absolute atomic E-state index is 12.5. The number of hydrogen-bond donors (Lipinski definition) is 1. The van der Waals surface area contributed by atoms with Crippen LogP contribution in [-0.2, 0) is 9.59 Å². The fourth-order valence-corrected chi connectivity index (χ4v) is 3.22. The van der Waals surface area contributed by atoms with Gasteiger partial charge in [-0.25, -0.2) is 0 Å². The van der Waals surface area contributed by atoms with Crippen LogP contribution < -0.4 is 15.0 Å². The fraction of sp³-hybridized carbons (Fsp3) is 0.391. The number of ether oxygens (including phenoxy) is 1. The number of benzene rings is 2. The van der Waals surface area contributed by atoms with Crippen molar-refractivity contribution in [1.82, 2.24) is 0 Å². The van der Waals surface area contributed by atoms with Crippen molar-refractivity contribution in [1.29, 1.82) is 0 Å². The summed E-state index contributed by atoms with van der Waals surface area (Å²) in [4.78, 5) is 26.6. The second-order valence-corrected chi connectivity index (χ2v) is 7.07. The van der Waals surface area contributed by atoms with Gasteiger partial charge in [0.2, 0.25) is 11.8 Å². The summed E-state index contributed by atoms with van der Waals surface area (Å²) in [6, 6.07) is 13.4. The zero-order valence-corrected chi connectivity index (χ0v) is 17.4. The average molecular weight is 383 g/mol. The summed E-state index contributed by atoms with van der Waals surface area (Å²) < 4.78 is 5.55. The number of nitrogens with zero attached hydrogens (tertiary/aromatic N) is 1. The van der Waals surface area contributed by atoms with Gasteiger partial charge in [-0.2, -0.15) is 0 Å². The molecular weight excluding hydrogens is 352 g/mol. The normalized spacial score (nSPS) is 10.6. The minimum Gasteiger partial charge on any atom is -0.492 e. The lowest BCUT2D eigenvalue weighted by Crippen LogP contribution is -2.33. The third kappa shape index (κ3) is 5.35. The van der Waals surface area contributed by atoms with E-state index in [1.165, 1.54) is 0 Å². The van der Waals surface area contributed by atoms with Crippen LogP contribution in [0.2, 0.25) is 0 Å². The first-order chi connectivity index (χ1) is 13.3. The van der Waals surface area contributed by atoms with Crippen LogP contribution in [0.3, 0.4) is 0 Å². The molecule has 150 valence electrons. The Bertz CT molecular complexity index is 830. The Morgan fingerprint density at radius 2 is 1.82 bits per heavy atom. The Kier molecular flexibility index (Phi) is 7.61. The van der Waals surface area contributed by atoms with Gasteiger partial charge in [-0.3, -0.25) is 9.59 Å². The van der Waals surface area contributed by atoms with E-state index in [1.54, 1.807) is 11.8 Å². The van der Waals surface area contributed by atoms with Gasteiger partial charge in [0, 0.05) is 25.6 Å². The van der Waals surface area contributed by atoms with Crippen molar-refractivity contribution in [3.8, 4) is 5.75 Å². The topological polar surface area (TPSA) is 58.6 Å². The number of anilines is 2. The predicted octanol–water partition coefficient (Wildman–Crippen LogP) is 4.90. The molecule has 0 heterocycles. The average Bonchev–Trinajstić information content (AvgIpc) is 2.64. The minimum atomic E-state index is -0.155. The van der Waals surface area contributed by atoms with Crippen molar-refractivity contribution in [2.24, 2.45) is 0 Å². The number of para-hydroxylation sites is 3. The van der Waals surface area contributed by atoms with Crippen molar-refractivity contribution in [2.45, 2.75) is 47.0 Å². The molecular formula is C23H30N2O3. The molecule has 0 unspecified atom stereocenters. The first kappa shape index (κ1) is 21.5. The van der Waals surface area contributed by atoms with Crippen molar-refractivity contribution in [2.75, 3.05) is 23.4 Å². The molecule has 2 rings (SSSR count). The molecule has 0 aromatic heterocycles. The van der Waals surface area contributed by atoms with Crippen LogP contribution in [0.4, 0.5) is 11.4 Å². The fourth-order valence-electron chi connectivity index (χ4n) is 3.22. The van der Waals surface area contributed by atoms with Crippen LogP contribution in [0, 0.1) is 6.92 Å². The largest absolute Gasteiger partial charge is 0.492 e. The molecule has 28 heavy (non-hydrogen) atoms. The van der Waals surface area contributed by atoms with Crippen molar-refractivity contribution < 1.29 is 14.3 Å². The monoisotopic (exact) mass is 382 g/mol. The molecule has 0 saturated heterocycles. The van der Waals surface area contributed by atoms with Crippen LogP contribution in [0.25, 0.3) is 0 Å². The summed E-state index contributed by atoms with van der Waals surface area (Å²) in [5.41, 5.74) is 3.69. The summed E-state index contributed by atoms with van der Waals surface area (Å²) in [5, 5.41) is 2.89. The summed E-state index contributed by atoms with van der Waals surface area (Å²) >= 11 is 0. The molecule has 0 saturated carbocycles. The van der Waals surface area contributed by atoms with Crippen LogP contribution in [0.1, 0.15) is 51.2 Å². The number of carbonyl (C=O) groups is 2. The standard InChI is InChI=1S/C23H30N2O3/c1-6-28-21-13-8-7-12-20(21)24-22(27)14-15-25(18(5)26)23-17(4)10-9-11-19(23)16(2)3/h7-13,16H,6,14-15H2,1-5H3,(H,24,27). The first-order valence-electron chi connectivity index (χ1n) is 9.74. The van der Waals surface area contributed by atoms with E-state index in [2.05, 4.69) is 19.2 Å². The van der Waals surface area contributed by atoms with Crippen LogP contribution >= 0.6 is 0 Å². The van der Waals surface area contributed by atoms with Crippen molar-refractivity contribution in [3.63, 3.8) is 0 Å². The van der Waals surface area contributed by atoms with Crippen LogP contribution in [0.15, 0.2) is 42.5 Å². The van der Waals surface area contributed by atoms with Gasteiger partial charge in [0.15, 0.2) is 0 Å². The third-order valence-corrected chi connectivity index (χ3v) is 4.56. The molecule has 2 aromatic carbocycles. The lowest BCUT2D eigenvalue weighted by atomic mass is 9.97. The number of aryl methyl sites for hydroxylation is 1. The molecule has 0 aliphatic rings. The van der Waals surface area contributed by atoms with Gasteiger partial charge in [0.25, 0.3) is 0 Å². The Hall–Kier alpha value is -2.82. The highest BCUT2D eigenvalue weighted by atomic mass is 16.5. The van der Waals surface area contributed by atoms with E-state index >= 15 is 0 Å². The van der Waals surface area contributed by atoms with E-state index in [1.807, 2.05) is 56.3 Å². The Labute approximate surface area is 167 Å². The molecule has 0 spiro atoms. The molecule has 5 nitrogen and oxygen atoms in total. The highest BCUT2D eigenvalue weighted by molar-refractivity contribution is 5.96. The molecule has 0 fully saturated rings. The second-order valence-electron chi connectivity index (χ2n) is 7.07. The first-order valence-corrected chi connectivity index (χ1v) is 9.74. The van der Waals surface area contributed by atoms with E-state index in [4.69, 9.17) is 4.74 Å². The van der Waals surface area contributed by atoms with Gasteiger partial charge in [-0.05, 0) is 43.0 Å². The van der Waals surface area contributed by atoms with Gasteiger partial charge < -0.3 is 15.0 Å². The lowest BCUT2D eigenvalue weighted by Gasteiger charge is -2.27. The molecule has 0 aliphatic carbocycles. The third-order valence-electron chi connectivity index (χ3n) is 4.56. The summed E-state index contributed by atoms with van der Waals surface area (Å²) in [5.74, 6) is 0.697. The van der Waals surface area contributed by atoms with Crippen molar-refractivity contribution in [3.05, 3.63) is 53.6 Å². The number of rotatable bonds is 8. The van der Waals surface area contributed by atoms with E-state index in [-0.39, 0.29) is 24.2 Å². The maximum Gasteiger partial charge on any atom is 0.226 e. The maximum atomic E-state index is 12.5. The SMILES string of the molecule is CCOc1ccccc1NC(=O)CCN(C(C)=O)c1c(C)cccc1C(C)C. The zero-order valence-electron chi connectivity index (χ0n) is 17.4. The van der Waals surface area contributed by atoms with E-state index < -0.39 is 0 Å². The highest BCUT2D eigenvalue weighted by Gasteiger charge is 2.20. The smallest absolute Gasteiger partial charge is 0.226 e. The lowest BCUT2D eigenvalue weighted by molar-refractivity contribution is -0.117. The molecule has 2 aromatic rings. The summed E-state index contributed by atoms with van der Waals surface area (Å²) in [6.07, 6.45) is 0.200. The Balaban J connectivity index is 2.15. The molecule has 0 atom stereocenters. The number of hydrogen-bond acceptors (Lipinski definition) is 3. The predicted molar refractivity (Wildman–Crippen MR) is 114 cm³/mol. The Morgan fingerprint density at radius 3 is 2.46 bits per heavy atom. The summed E-state index contributed by atoms with van der Waals surface area (Å²) in [6.45, 7) is 10.5. The number of carbonyl (C=O) groups excluding carboxylic acids is 2. The molecule has 0 aliphatic heterocycles. The molecule has 5 heteroatoms. The van der Waals surface area contributed by atoms with Crippen LogP contribution in [-0.4, -0.2) is 25.0 Å². The number of nitrogens with one attached hydrogen (secondary N) is 1. The highest BCUT2D eigenvalue weighted by Crippen LogP contribution is 2.31. The van der Waals surface area contributed by atoms with Crippen LogP contribution in [0.5, 0.6) is 5.75 Å². The second kappa shape index (κ2) is 9.93. The van der Waals surface area contributed by atoms with Gasteiger partial charge in [0.1, 0.15) is 5.75 Å². The minimum absolute atomic E-state index is 0.0706. The molecule has 1 N–H and O–H groups in total. The van der Waals surface area contributed by atoms with E-state index in [0.29, 0.717) is 24.6 Å². The molecule has 2 amide bonds. The Morgan fingerprint density at radius 1 is 1.11 bits per heavy atom. The van der Waals surface area contributed by atoms with E-state index in [0.717, 1.165) is 16.8 Å². The van der Waals surface area contributed by atoms with Gasteiger partial charge in [-0.1, -0.05) is 44.2 Å². The number of amides is 2. The van der Waals surface area contributed by atoms with Crippen molar-refractivity contribution >= 4 is 23.2 Å². The van der Waals surface area contributed by atoms with Gasteiger partial charge in [0.05, 0.1) is 12.3 Å². The molecule has 0 radical (unpaired) electrons. The molecule has 0 bridgehead atoms. The summed E-state index contributed by atoms with van der Waals surface area (Å²) in [7, 11) is 0. The quantitative estimate of drug-likeness (QED) is 0.706.